The number of carbonyl (C=O) groups is 1. The molecule has 17 heavy (non-hydrogen) atoms. The highest BCUT2D eigenvalue weighted by Gasteiger charge is 2.20. The van der Waals surface area contributed by atoms with Crippen molar-refractivity contribution in [3.05, 3.63) is 17.5 Å². The van der Waals surface area contributed by atoms with E-state index >= 15 is 0 Å². The highest BCUT2D eigenvalue weighted by atomic mass is 16.4. The van der Waals surface area contributed by atoms with Crippen LogP contribution < -0.4 is 10.6 Å². The minimum Gasteiger partial charge on any atom is -0.478 e. The second kappa shape index (κ2) is 4.67. The molecule has 0 aliphatic carbocycles. The number of carboxylic acids is 1. The first-order valence-corrected chi connectivity index (χ1v) is 5.65. The molecule has 1 aliphatic rings. The number of aromatic nitrogens is 2. The van der Waals surface area contributed by atoms with Gasteiger partial charge in [0.1, 0.15) is 0 Å². The fraction of sp³-hybridized carbons (Fsp3) is 0.545. The number of hydrogen-bond acceptors (Lipinski definition) is 5. The molecule has 1 fully saturated rings. The maximum absolute atomic E-state index is 10.8. The van der Waals surface area contributed by atoms with Crippen LogP contribution in [0.5, 0.6) is 0 Å². The highest BCUT2D eigenvalue weighted by Crippen LogP contribution is 2.16. The summed E-state index contributed by atoms with van der Waals surface area (Å²) >= 11 is 0. The van der Waals surface area contributed by atoms with Gasteiger partial charge >= 0.3 is 5.97 Å². The van der Waals surface area contributed by atoms with Crippen LogP contribution in [0.4, 0.5) is 5.95 Å². The molecular weight excluding hydrogens is 220 g/mol. The summed E-state index contributed by atoms with van der Waals surface area (Å²) in [5, 5.41) is 8.90. The summed E-state index contributed by atoms with van der Waals surface area (Å²) in [5.74, 6) is -0.424. The van der Waals surface area contributed by atoms with E-state index in [0.717, 1.165) is 25.9 Å². The van der Waals surface area contributed by atoms with Gasteiger partial charge in [0.2, 0.25) is 5.95 Å². The van der Waals surface area contributed by atoms with E-state index in [1.54, 1.807) is 6.92 Å². The monoisotopic (exact) mass is 236 g/mol. The van der Waals surface area contributed by atoms with Gasteiger partial charge in [-0.15, -0.1) is 0 Å². The molecule has 3 N–H and O–H groups in total. The van der Waals surface area contributed by atoms with Crippen LogP contribution in [0.3, 0.4) is 0 Å². The Hall–Kier alpha value is -1.69. The average Bonchev–Trinajstić information content (AvgIpc) is 2.28. The van der Waals surface area contributed by atoms with E-state index in [-0.39, 0.29) is 11.6 Å². The molecule has 2 heterocycles. The lowest BCUT2D eigenvalue weighted by atomic mass is 10.1. The van der Waals surface area contributed by atoms with Crippen molar-refractivity contribution in [1.82, 2.24) is 9.97 Å². The number of hydrogen-bond donors (Lipinski definition) is 2. The maximum atomic E-state index is 10.8. The van der Waals surface area contributed by atoms with Gasteiger partial charge in [0.15, 0.2) is 0 Å². The van der Waals surface area contributed by atoms with Crippen LogP contribution in [-0.4, -0.2) is 40.2 Å². The van der Waals surface area contributed by atoms with Gasteiger partial charge in [-0.1, -0.05) is 0 Å². The van der Waals surface area contributed by atoms with Crippen molar-refractivity contribution in [3.63, 3.8) is 0 Å². The van der Waals surface area contributed by atoms with Crippen molar-refractivity contribution < 1.29 is 9.90 Å². The van der Waals surface area contributed by atoms with Crippen molar-refractivity contribution >= 4 is 11.9 Å². The van der Waals surface area contributed by atoms with Gasteiger partial charge in [0, 0.05) is 25.3 Å². The number of aryl methyl sites for hydroxylation is 1. The summed E-state index contributed by atoms with van der Waals surface area (Å²) in [6.07, 6.45) is 3.40. The Kier molecular flexibility index (Phi) is 3.23. The third kappa shape index (κ3) is 2.52. The third-order valence-electron chi connectivity index (χ3n) is 2.94. The fourth-order valence-corrected chi connectivity index (χ4v) is 2.01. The van der Waals surface area contributed by atoms with Crippen LogP contribution >= 0.6 is 0 Å². The van der Waals surface area contributed by atoms with Gasteiger partial charge in [-0.25, -0.2) is 14.8 Å². The second-order valence-electron chi connectivity index (χ2n) is 4.32. The minimum absolute atomic E-state index is 0.145. The smallest absolute Gasteiger partial charge is 0.339 e. The van der Waals surface area contributed by atoms with E-state index < -0.39 is 5.97 Å². The number of rotatable bonds is 2. The summed E-state index contributed by atoms with van der Waals surface area (Å²) in [5.41, 5.74) is 6.52. The van der Waals surface area contributed by atoms with Crippen molar-refractivity contribution in [2.45, 2.75) is 25.8 Å². The number of nitrogens with two attached hydrogens (primary N) is 1. The SMILES string of the molecule is Cc1nc(N2CCCC(N)C2)ncc1C(=O)O. The molecule has 92 valence electrons. The Bertz CT molecular complexity index is 435. The molecule has 0 bridgehead atoms. The van der Waals surface area contributed by atoms with Crippen molar-refractivity contribution in [3.8, 4) is 0 Å². The van der Waals surface area contributed by atoms with Crippen LogP contribution in [0, 0.1) is 6.92 Å². The van der Waals surface area contributed by atoms with E-state index in [2.05, 4.69) is 9.97 Å². The molecule has 0 saturated carbocycles. The predicted molar refractivity (Wildman–Crippen MR) is 63.2 cm³/mol. The van der Waals surface area contributed by atoms with Crippen LogP contribution in [0.1, 0.15) is 28.9 Å². The average molecular weight is 236 g/mol. The zero-order valence-corrected chi connectivity index (χ0v) is 9.76. The molecule has 0 radical (unpaired) electrons. The molecule has 0 spiro atoms. The minimum atomic E-state index is -0.996. The lowest BCUT2D eigenvalue weighted by Crippen LogP contribution is -2.43. The molecule has 1 atom stereocenters. The summed E-state index contributed by atoms with van der Waals surface area (Å²) in [7, 11) is 0. The quantitative estimate of drug-likeness (QED) is 0.772. The number of piperidine rings is 1. The first-order valence-electron chi connectivity index (χ1n) is 5.65. The van der Waals surface area contributed by atoms with E-state index in [1.165, 1.54) is 6.20 Å². The molecule has 6 nitrogen and oxygen atoms in total. The number of aromatic carboxylic acids is 1. The third-order valence-corrected chi connectivity index (χ3v) is 2.94. The molecule has 0 amide bonds. The summed E-state index contributed by atoms with van der Waals surface area (Å²) in [6, 6.07) is 0.145. The van der Waals surface area contributed by atoms with Crippen LogP contribution in [0.15, 0.2) is 6.20 Å². The Balaban J connectivity index is 2.22. The molecular formula is C11H16N4O2. The van der Waals surface area contributed by atoms with Gasteiger partial charge in [0.25, 0.3) is 0 Å². The van der Waals surface area contributed by atoms with Gasteiger partial charge in [-0.05, 0) is 19.8 Å². The number of nitrogens with zero attached hydrogens (tertiary/aromatic N) is 3. The zero-order chi connectivity index (χ0) is 12.4. The fourth-order valence-electron chi connectivity index (χ4n) is 2.01. The molecule has 1 unspecified atom stereocenters. The first-order chi connectivity index (χ1) is 8.08. The van der Waals surface area contributed by atoms with Gasteiger partial charge in [0.05, 0.1) is 11.3 Å². The Morgan fingerprint density at radius 3 is 3.00 bits per heavy atom. The Labute approximate surface area is 99.5 Å². The van der Waals surface area contributed by atoms with Crippen molar-refractivity contribution in [2.75, 3.05) is 18.0 Å². The van der Waals surface area contributed by atoms with Gasteiger partial charge < -0.3 is 15.7 Å². The van der Waals surface area contributed by atoms with Gasteiger partial charge in [-0.3, -0.25) is 0 Å². The lowest BCUT2D eigenvalue weighted by Gasteiger charge is -2.30. The standard InChI is InChI=1S/C11H16N4O2/c1-7-9(10(16)17)5-13-11(14-7)15-4-2-3-8(12)6-15/h5,8H,2-4,6,12H2,1H3,(H,16,17). The second-order valence-corrected chi connectivity index (χ2v) is 4.32. The normalized spacial score (nSPS) is 20.4. The Morgan fingerprint density at radius 2 is 2.41 bits per heavy atom. The number of anilines is 1. The summed E-state index contributed by atoms with van der Waals surface area (Å²) in [4.78, 5) is 21.2. The van der Waals surface area contributed by atoms with Crippen LogP contribution in [0.2, 0.25) is 0 Å². The largest absolute Gasteiger partial charge is 0.478 e. The molecule has 2 rings (SSSR count). The van der Waals surface area contributed by atoms with Gasteiger partial charge in [-0.2, -0.15) is 0 Å². The molecule has 1 aromatic rings. The molecule has 1 aromatic heterocycles. The van der Waals surface area contributed by atoms with Crippen LogP contribution in [-0.2, 0) is 0 Å². The molecule has 0 aromatic carbocycles. The highest BCUT2D eigenvalue weighted by molar-refractivity contribution is 5.88. The maximum Gasteiger partial charge on any atom is 0.339 e. The van der Waals surface area contributed by atoms with E-state index in [0.29, 0.717) is 11.6 Å². The molecule has 1 saturated heterocycles. The Morgan fingerprint density at radius 1 is 1.65 bits per heavy atom. The first kappa shape index (κ1) is 11.8. The lowest BCUT2D eigenvalue weighted by molar-refractivity contribution is 0.0695. The molecule has 6 heteroatoms. The zero-order valence-electron chi connectivity index (χ0n) is 9.76. The van der Waals surface area contributed by atoms with E-state index in [4.69, 9.17) is 10.8 Å². The number of carboxylic acid groups (broad SMARTS) is 1. The van der Waals surface area contributed by atoms with E-state index in [9.17, 15) is 4.79 Å². The van der Waals surface area contributed by atoms with E-state index in [1.807, 2.05) is 4.90 Å². The molecule has 1 aliphatic heterocycles. The van der Waals surface area contributed by atoms with Crippen molar-refractivity contribution in [2.24, 2.45) is 5.73 Å². The topological polar surface area (TPSA) is 92.3 Å². The predicted octanol–water partition coefficient (Wildman–Crippen LogP) is 0.411. The van der Waals surface area contributed by atoms with Crippen molar-refractivity contribution in [1.29, 1.82) is 0 Å². The summed E-state index contributed by atoms with van der Waals surface area (Å²) < 4.78 is 0. The summed E-state index contributed by atoms with van der Waals surface area (Å²) in [6.45, 7) is 3.28. The van der Waals surface area contributed by atoms with Crippen LogP contribution in [0.25, 0.3) is 0 Å².